The standard InChI is InChI=1S/C8H9NO3/c10-5-3-1-2-4-6(5)8(12)9-7(4)11/h5,10H,1-3H2,(H,9,11,12). The summed E-state index contributed by atoms with van der Waals surface area (Å²) in [5.74, 6) is -0.740. The van der Waals surface area contributed by atoms with E-state index in [0.29, 0.717) is 24.0 Å². The fourth-order valence-electron chi connectivity index (χ4n) is 1.72. The summed E-state index contributed by atoms with van der Waals surface area (Å²) in [6, 6.07) is 0. The Hall–Kier alpha value is -1.16. The lowest BCUT2D eigenvalue weighted by Gasteiger charge is -2.16. The molecular weight excluding hydrogens is 158 g/mol. The summed E-state index contributed by atoms with van der Waals surface area (Å²) in [7, 11) is 0. The van der Waals surface area contributed by atoms with Crippen LogP contribution in [0.15, 0.2) is 11.1 Å². The van der Waals surface area contributed by atoms with Crippen LogP contribution in [-0.2, 0) is 9.59 Å². The second-order valence-electron chi connectivity index (χ2n) is 3.08. The Labute approximate surface area is 69.3 Å². The molecule has 0 aromatic rings. The molecule has 0 spiro atoms. The molecule has 0 bridgehead atoms. The molecule has 4 nitrogen and oxygen atoms in total. The number of nitrogens with one attached hydrogen (secondary N) is 1. The fraction of sp³-hybridized carbons (Fsp3) is 0.500. The van der Waals surface area contributed by atoms with E-state index in [4.69, 9.17) is 0 Å². The lowest BCUT2D eigenvalue weighted by atomic mass is 9.91. The highest BCUT2D eigenvalue weighted by molar-refractivity contribution is 6.20. The number of carbonyl (C=O) groups is 2. The van der Waals surface area contributed by atoms with Crippen molar-refractivity contribution >= 4 is 11.8 Å². The largest absolute Gasteiger partial charge is 0.388 e. The van der Waals surface area contributed by atoms with Gasteiger partial charge in [0.2, 0.25) is 0 Å². The van der Waals surface area contributed by atoms with Gasteiger partial charge in [0.15, 0.2) is 0 Å². The topological polar surface area (TPSA) is 66.4 Å². The summed E-state index contributed by atoms with van der Waals surface area (Å²) < 4.78 is 0. The molecular formula is C8H9NO3. The first-order valence-corrected chi connectivity index (χ1v) is 3.97. The predicted octanol–water partition coefficient (Wildman–Crippen LogP) is -0.516. The summed E-state index contributed by atoms with van der Waals surface area (Å²) in [6.45, 7) is 0. The second-order valence-corrected chi connectivity index (χ2v) is 3.08. The van der Waals surface area contributed by atoms with Gasteiger partial charge in [0.1, 0.15) is 0 Å². The monoisotopic (exact) mass is 167 g/mol. The van der Waals surface area contributed by atoms with Crippen molar-refractivity contribution in [2.45, 2.75) is 25.4 Å². The average Bonchev–Trinajstić information content (AvgIpc) is 2.29. The molecule has 1 aliphatic carbocycles. The van der Waals surface area contributed by atoms with Crippen molar-refractivity contribution in [2.24, 2.45) is 0 Å². The highest BCUT2D eigenvalue weighted by Crippen LogP contribution is 2.28. The Bertz CT molecular complexity index is 293. The van der Waals surface area contributed by atoms with E-state index in [9.17, 15) is 14.7 Å². The van der Waals surface area contributed by atoms with Crippen LogP contribution in [-0.4, -0.2) is 23.0 Å². The quantitative estimate of drug-likeness (QED) is 0.477. The molecule has 2 aliphatic rings. The van der Waals surface area contributed by atoms with Gasteiger partial charge in [-0.1, -0.05) is 0 Å². The number of aliphatic hydroxyl groups is 1. The second kappa shape index (κ2) is 2.42. The molecule has 0 radical (unpaired) electrons. The summed E-state index contributed by atoms with van der Waals surface area (Å²) in [4.78, 5) is 22.1. The zero-order valence-electron chi connectivity index (χ0n) is 6.46. The van der Waals surface area contributed by atoms with Gasteiger partial charge in [0.05, 0.1) is 11.7 Å². The molecule has 2 rings (SSSR count). The summed E-state index contributed by atoms with van der Waals surface area (Å²) in [5, 5.41) is 11.6. The van der Waals surface area contributed by atoms with Crippen LogP contribution >= 0.6 is 0 Å². The number of carbonyl (C=O) groups excluding carboxylic acids is 2. The minimum Gasteiger partial charge on any atom is -0.388 e. The van der Waals surface area contributed by atoms with E-state index in [1.165, 1.54) is 0 Å². The first kappa shape index (κ1) is 7.49. The highest BCUT2D eigenvalue weighted by Gasteiger charge is 2.36. The summed E-state index contributed by atoms with van der Waals surface area (Å²) in [6.07, 6.45) is 1.24. The third kappa shape index (κ3) is 0.881. The average molecular weight is 167 g/mol. The van der Waals surface area contributed by atoms with E-state index in [1.807, 2.05) is 0 Å². The first-order chi connectivity index (χ1) is 5.70. The predicted molar refractivity (Wildman–Crippen MR) is 40.0 cm³/mol. The van der Waals surface area contributed by atoms with E-state index in [2.05, 4.69) is 5.32 Å². The normalized spacial score (nSPS) is 28.9. The molecule has 2 N–H and O–H groups in total. The molecule has 0 saturated heterocycles. The molecule has 12 heavy (non-hydrogen) atoms. The van der Waals surface area contributed by atoms with E-state index >= 15 is 0 Å². The maximum absolute atomic E-state index is 11.1. The van der Waals surface area contributed by atoms with Crippen LogP contribution in [0, 0.1) is 0 Å². The van der Waals surface area contributed by atoms with Crippen LogP contribution in [0.5, 0.6) is 0 Å². The maximum atomic E-state index is 11.1. The zero-order chi connectivity index (χ0) is 8.72. The molecule has 0 aromatic heterocycles. The first-order valence-electron chi connectivity index (χ1n) is 3.97. The maximum Gasteiger partial charge on any atom is 0.257 e. The van der Waals surface area contributed by atoms with Gasteiger partial charge in [0, 0.05) is 5.57 Å². The van der Waals surface area contributed by atoms with Crippen molar-refractivity contribution in [2.75, 3.05) is 0 Å². The minimum absolute atomic E-state index is 0.297. The van der Waals surface area contributed by atoms with Crippen molar-refractivity contribution in [1.29, 1.82) is 0 Å². The van der Waals surface area contributed by atoms with Crippen molar-refractivity contribution < 1.29 is 14.7 Å². The van der Waals surface area contributed by atoms with Crippen LogP contribution in [0.1, 0.15) is 19.3 Å². The molecule has 64 valence electrons. The summed E-state index contributed by atoms with van der Waals surface area (Å²) >= 11 is 0. The Balaban J connectivity index is 2.44. The number of hydrogen-bond donors (Lipinski definition) is 2. The smallest absolute Gasteiger partial charge is 0.257 e. The molecule has 0 aromatic carbocycles. The van der Waals surface area contributed by atoms with Gasteiger partial charge in [-0.05, 0) is 19.3 Å². The molecule has 1 unspecified atom stereocenters. The molecule has 1 heterocycles. The lowest BCUT2D eigenvalue weighted by Crippen LogP contribution is -2.25. The number of imide groups is 1. The van der Waals surface area contributed by atoms with Gasteiger partial charge in [-0.25, -0.2) is 0 Å². The molecule has 1 atom stereocenters. The van der Waals surface area contributed by atoms with Crippen LogP contribution < -0.4 is 5.32 Å². The van der Waals surface area contributed by atoms with Crippen LogP contribution in [0.4, 0.5) is 0 Å². The van der Waals surface area contributed by atoms with Crippen molar-refractivity contribution in [3.05, 3.63) is 11.1 Å². The highest BCUT2D eigenvalue weighted by atomic mass is 16.3. The Kier molecular flexibility index (Phi) is 1.51. The molecule has 1 aliphatic heterocycles. The molecule has 2 amide bonds. The van der Waals surface area contributed by atoms with E-state index < -0.39 is 12.0 Å². The number of amides is 2. The van der Waals surface area contributed by atoms with Crippen molar-refractivity contribution in [3.8, 4) is 0 Å². The van der Waals surface area contributed by atoms with E-state index in [0.717, 1.165) is 6.42 Å². The molecule has 0 fully saturated rings. The van der Waals surface area contributed by atoms with Gasteiger partial charge in [0.25, 0.3) is 11.8 Å². The van der Waals surface area contributed by atoms with Gasteiger partial charge >= 0.3 is 0 Å². The summed E-state index contributed by atoms with van der Waals surface area (Å²) in [5.41, 5.74) is 0.782. The number of rotatable bonds is 0. The fourth-order valence-corrected chi connectivity index (χ4v) is 1.72. The number of aliphatic hydroxyl groups excluding tert-OH is 1. The van der Waals surface area contributed by atoms with Gasteiger partial charge in [-0.2, -0.15) is 0 Å². The zero-order valence-corrected chi connectivity index (χ0v) is 6.46. The van der Waals surface area contributed by atoms with Crippen molar-refractivity contribution in [1.82, 2.24) is 5.32 Å². The molecule has 0 saturated carbocycles. The van der Waals surface area contributed by atoms with Gasteiger partial charge in [-0.15, -0.1) is 0 Å². The lowest BCUT2D eigenvalue weighted by molar-refractivity contribution is -0.124. The SMILES string of the molecule is O=C1NC(=O)C2=C1CCCC2O. The van der Waals surface area contributed by atoms with Gasteiger partial charge < -0.3 is 5.11 Å². The number of hydrogen-bond acceptors (Lipinski definition) is 3. The minimum atomic E-state index is -0.736. The van der Waals surface area contributed by atoms with E-state index in [-0.39, 0.29) is 5.91 Å². The Morgan fingerprint density at radius 3 is 2.75 bits per heavy atom. The van der Waals surface area contributed by atoms with Crippen molar-refractivity contribution in [3.63, 3.8) is 0 Å². The Morgan fingerprint density at radius 1 is 1.33 bits per heavy atom. The van der Waals surface area contributed by atoms with Crippen LogP contribution in [0.25, 0.3) is 0 Å². The third-order valence-corrected chi connectivity index (χ3v) is 2.31. The van der Waals surface area contributed by atoms with Crippen LogP contribution in [0.2, 0.25) is 0 Å². The molecule has 4 heteroatoms. The van der Waals surface area contributed by atoms with Gasteiger partial charge in [-0.3, -0.25) is 14.9 Å². The van der Waals surface area contributed by atoms with Crippen LogP contribution in [0.3, 0.4) is 0 Å². The Morgan fingerprint density at radius 2 is 2.08 bits per heavy atom. The van der Waals surface area contributed by atoms with E-state index in [1.54, 1.807) is 0 Å². The third-order valence-electron chi connectivity index (χ3n) is 2.31.